The zero-order valence-corrected chi connectivity index (χ0v) is 22.9. The van der Waals surface area contributed by atoms with Crippen LogP contribution in [0.5, 0.6) is 0 Å². The number of carbonyl (C=O) groups excluding carboxylic acids is 2. The summed E-state index contributed by atoms with van der Waals surface area (Å²) >= 11 is -5.39. The van der Waals surface area contributed by atoms with Gasteiger partial charge in [0.2, 0.25) is 0 Å². The van der Waals surface area contributed by atoms with Crippen LogP contribution >= 0.6 is 0 Å². The van der Waals surface area contributed by atoms with Crippen LogP contribution in [-0.4, -0.2) is 43.9 Å². The molecule has 0 aliphatic carbocycles. The van der Waals surface area contributed by atoms with E-state index in [9.17, 15) is 29.8 Å². The topological polar surface area (TPSA) is 139 Å². The molecule has 0 unspecified atom stereocenters. The summed E-state index contributed by atoms with van der Waals surface area (Å²) in [5.74, 6) is -1.80. The van der Waals surface area contributed by atoms with E-state index in [1.807, 2.05) is 0 Å². The van der Waals surface area contributed by atoms with E-state index in [4.69, 9.17) is 5.37 Å². The molecule has 0 atom stereocenters. The van der Waals surface area contributed by atoms with Crippen molar-refractivity contribution in [3.63, 3.8) is 0 Å². The minimum absolute atomic E-state index is 0.0863. The third-order valence-corrected chi connectivity index (χ3v) is 17.5. The Hall–Kier alpha value is -4.46. The zero-order chi connectivity index (χ0) is 26.4. The number of benzene rings is 4. The molecule has 0 heterocycles. The Labute approximate surface area is 216 Å². The molecule has 11 heteroatoms. The molecule has 4 rings (SSSR count). The van der Waals surface area contributed by atoms with Gasteiger partial charge in [-0.1, -0.05) is 0 Å². The summed E-state index contributed by atoms with van der Waals surface area (Å²) in [7, 11) is 0. The molecule has 37 heavy (non-hydrogen) atoms. The van der Waals surface area contributed by atoms with Crippen LogP contribution in [0.1, 0.15) is 20.7 Å². The van der Waals surface area contributed by atoms with E-state index in [1.165, 1.54) is 36.4 Å². The summed E-state index contributed by atoms with van der Waals surface area (Å²) < 4.78 is 13.1. The van der Waals surface area contributed by atoms with E-state index < -0.39 is 43.9 Å². The van der Waals surface area contributed by atoms with Gasteiger partial charge < -0.3 is 0 Å². The molecule has 0 amide bonds. The van der Waals surface area contributed by atoms with Crippen molar-refractivity contribution in [2.45, 2.75) is 0 Å². The first-order valence-corrected chi connectivity index (χ1v) is 17.9. The van der Waals surface area contributed by atoms with Gasteiger partial charge in [-0.2, -0.15) is 0 Å². The molecular formula is C26H18N2O8Pb. The summed E-state index contributed by atoms with van der Waals surface area (Å²) in [6.45, 7) is 0. The van der Waals surface area contributed by atoms with Crippen LogP contribution in [-0.2, 0) is 5.37 Å². The van der Waals surface area contributed by atoms with Gasteiger partial charge in [-0.3, -0.25) is 0 Å². The van der Waals surface area contributed by atoms with Crippen molar-refractivity contribution in [2.75, 3.05) is 0 Å². The molecule has 0 spiro atoms. The van der Waals surface area contributed by atoms with Crippen molar-refractivity contribution in [3.8, 4) is 0 Å². The van der Waals surface area contributed by atoms with Gasteiger partial charge in [-0.05, 0) is 0 Å². The van der Waals surface area contributed by atoms with Crippen molar-refractivity contribution in [3.05, 3.63) is 141 Å². The van der Waals surface area contributed by atoms with Gasteiger partial charge in [-0.25, -0.2) is 0 Å². The maximum absolute atomic E-state index is 13.4. The molecule has 0 radical (unpaired) electrons. The predicted octanol–water partition coefficient (Wildman–Crippen LogP) is 3.77. The van der Waals surface area contributed by atoms with Crippen LogP contribution < -0.4 is 6.25 Å². The Morgan fingerprint density at radius 2 is 0.946 bits per heavy atom. The Morgan fingerprint density at radius 1 is 0.568 bits per heavy atom. The van der Waals surface area contributed by atoms with Crippen LogP contribution in [0.15, 0.2) is 109 Å². The molecule has 0 aliphatic rings. The Kier molecular flexibility index (Phi) is 7.67. The standard InChI is InChI=1S/2C7H5NO4.2C6H5.Pb/c2*9-7(10)5-2-1-3-6(4-5)8(11)12;2*1-2-4-6-5-3-1;/h2*1-4H,(H,9,10);2*1-5H;/q;;;;+2/p-2. The number of nitro benzene ring substituents is 2. The molecule has 0 aromatic heterocycles. The SMILES string of the molecule is O=C([O][Pb]([O]C(=O)c1cccc([N+](=O)[O-])c1)([c]1ccccc1)[c]1ccccc1)c1cccc([N+](=O)[O-])c1. The van der Waals surface area contributed by atoms with Crippen LogP contribution in [0.25, 0.3) is 0 Å². The van der Waals surface area contributed by atoms with Crippen LogP contribution in [0.3, 0.4) is 0 Å². The Balaban J connectivity index is 1.84. The monoisotopic (exact) mass is 694 g/mol. The maximum atomic E-state index is 13.4. The fourth-order valence-electron chi connectivity index (χ4n) is 3.61. The number of rotatable bonds is 8. The summed E-state index contributed by atoms with van der Waals surface area (Å²) in [5, 5.41) is 22.5. The van der Waals surface area contributed by atoms with Gasteiger partial charge in [0.1, 0.15) is 0 Å². The number of hydrogen-bond acceptors (Lipinski definition) is 8. The predicted molar refractivity (Wildman–Crippen MR) is 135 cm³/mol. The van der Waals surface area contributed by atoms with E-state index in [1.54, 1.807) is 60.7 Å². The number of carbonyl (C=O) groups is 2. The Morgan fingerprint density at radius 3 is 1.30 bits per heavy atom. The molecule has 0 aliphatic heterocycles. The number of non-ortho nitro benzene ring substituents is 2. The summed E-state index contributed by atoms with van der Waals surface area (Å²) in [6.07, 6.45) is 0. The first kappa shape index (κ1) is 25.6. The third kappa shape index (κ3) is 5.69. The first-order chi connectivity index (χ1) is 17.8. The average Bonchev–Trinajstić information content (AvgIpc) is 2.93. The Bertz CT molecular complexity index is 1370. The third-order valence-electron chi connectivity index (χ3n) is 5.37. The molecule has 0 saturated heterocycles. The summed E-state index contributed by atoms with van der Waals surface area (Å²) in [6, 6.07) is 27.1. The average molecular weight is 694 g/mol. The fourth-order valence-corrected chi connectivity index (χ4v) is 14.8. The van der Waals surface area contributed by atoms with E-state index in [0.29, 0.717) is 6.25 Å². The quantitative estimate of drug-likeness (QED) is 0.155. The number of nitrogens with zero attached hydrogens (tertiary/aromatic N) is 2. The molecule has 10 nitrogen and oxygen atoms in total. The second-order valence-electron chi connectivity index (χ2n) is 7.74. The van der Waals surface area contributed by atoms with E-state index in [0.717, 1.165) is 12.1 Å². The summed E-state index contributed by atoms with van der Waals surface area (Å²) in [4.78, 5) is 47.9. The number of hydrogen-bond donors (Lipinski definition) is 0. The van der Waals surface area contributed by atoms with Crippen molar-refractivity contribution in [1.29, 1.82) is 0 Å². The first-order valence-electron chi connectivity index (χ1n) is 10.9. The normalized spacial score (nSPS) is 10.8. The van der Waals surface area contributed by atoms with Gasteiger partial charge >= 0.3 is 217 Å². The number of nitro groups is 2. The van der Waals surface area contributed by atoms with Gasteiger partial charge in [0.05, 0.1) is 0 Å². The fraction of sp³-hybridized carbons (Fsp3) is 0. The van der Waals surface area contributed by atoms with Crippen molar-refractivity contribution >= 4 is 51.6 Å². The van der Waals surface area contributed by atoms with Gasteiger partial charge in [0.15, 0.2) is 0 Å². The second kappa shape index (κ2) is 11.1. The van der Waals surface area contributed by atoms with Crippen LogP contribution in [0, 0.1) is 20.2 Å². The van der Waals surface area contributed by atoms with Crippen molar-refractivity contribution < 1.29 is 24.8 Å². The molecule has 0 N–H and O–H groups in total. The van der Waals surface area contributed by atoms with Crippen LogP contribution in [0.4, 0.5) is 11.4 Å². The van der Waals surface area contributed by atoms with Crippen LogP contribution in [0.2, 0.25) is 0 Å². The van der Waals surface area contributed by atoms with Crippen molar-refractivity contribution in [1.82, 2.24) is 0 Å². The zero-order valence-electron chi connectivity index (χ0n) is 19.1. The van der Waals surface area contributed by atoms with E-state index >= 15 is 0 Å². The summed E-state index contributed by atoms with van der Waals surface area (Å²) in [5.41, 5.74) is -0.775. The molecule has 0 bridgehead atoms. The molecular weight excluding hydrogens is 675 g/mol. The van der Waals surface area contributed by atoms with Gasteiger partial charge in [-0.15, -0.1) is 0 Å². The van der Waals surface area contributed by atoms with E-state index in [2.05, 4.69) is 0 Å². The van der Waals surface area contributed by atoms with Crippen molar-refractivity contribution in [2.24, 2.45) is 0 Å². The molecule has 4 aromatic rings. The molecule has 4 aromatic carbocycles. The van der Waals surface area contributed by atoms with Gasteiger partial charge in [0, 0.05) is 0 Å². The molecule has 184 valence electrons. The molecule has 0 saturated carbocycles. The minimum atomic E-state index is -5.39. The van der Waals surface area contributed by atoms with E-state index in [-0.39, 0.29) is 22.5 Å². The molecule has 0 fully saturated rings. The second-order valence-corrected chi connectivity index (χ2v) is 18.6. The van der Waals surface area contributed by atoms with Gasteiger partial charge in [0.25, 0.3) is 0 Å².